The first kappa shape index (κ1) is 15.1. The molecule has 2 fully saturated rings. The second-order valence-electron chi connectivity index (χ2n) is 6.29. The molecule has 3 heterocycles. The van der Waals surface area contributed by atoms with Gasteiger partial charge in [-0.15, -0.1) is 5.10 Å². The van der Waals surface area contributed by atoms with Crippen molar-refractivity contribution in [3.05, 3.63) is 18.0 Å². The van der Waals surface area contributed by atoms with Crippen LogP contribution >= 0.6 is 11.8 Å². The fourth-order valence-electron chi connectivity index (χ4n) is 3.36. The Morgan fingerprint density at radius 2 is 2.13 bits per heavy atom. The summed E-state index contributed by atoms with van der Waals surface area (Å²) in [6, 6.07) is 2.71. The van der Waals surface area contributed by atoms with E-state index in [0.717, 1.165) is 42.6 Å². The van der Waals surface area contributed by atoms with Crippen molar-refractivity contribution in [3.63, 3.8) is 0 Å². The van der Waals surface area contributed by atoms with Crippen LogP contribution in [0.5, 0.6) is 0 Å². The van der Waals surface area contributed by atoms with Gasteiger partial charge in [-0.05, 0) is 42.2 Å². The first-order valence-corrected chi connectivity index (χ1v) is 9.41. The molecule has 1 atom stereocenters. The highest BCUT2D eigenvalue weighted by Crippen LogP contribution is 2.29. The van der Waals surface area contributed by atoms with Gasteiger partial charge in [0.05, 0.1) is 24.4 Å². The minimum atomic E-state index is 0.249. The van der Waals surface area contributed by atoms with Gasteiger partial charge < -0.3 is 4.74 Å². The van der Waals surface area contributed by atoms with Crippen LogP contribution in [0.2, 0.25) is 0 Å². The van der Waals surface area contributed by atoms with Gasteiger partial charge in [0.15, 0.2) is 0 Å². The van der Waals surface area contributed by atoms with E-state index in [4.69, 9.17) is 9.84 Å². The molecule has 7 nitrogen and oxygen atoms in total. The number of nitrogens with zero attached hydrogens (tertiary/aromatic N) is 6. The van der Waals surface area contributed by atoms with Crippen LogP contribution < -0.4 is 0 Å². The summed E-state index contributed by atoms with van der Waals surface area (Å²) in [5.41, 5.74) is 1.09. The summed E-state index contributed by atoms with van der Waals surface area (Å²) in [4.78, 5) is 0. The third-order valence-corrected chi connectivity index (χ3v) is 5.60. The Bertz CT molecular complexity index is 629. The molecule has 1 saturated heterocycles. The van der Waals surface area contributed by atoms with E-state index < -0.39 is 0 Å². The molecule has 1 aliphatic heterocycles. The summed E-state index contributed by atoms with van der Waals surface area (Å²) in [6.07, 6.45) is 9.76. The fourth-order valence-corrected chi connectivity index (χ4v) is 4.15. The first-order valence-electron chi connectivity index (χ1n) is 8.43. The molecule has 0 aromatic carbocycles. The van der Waals surface area contributed by atoms with E-state index in [1.165, 1.54) is 25.7 Å². The Balaban J connectivity index is 1.34. The van der Waals surface area contributed by atoms with Crippen LogP contribution in [0, 0.1) is 0 Å². The van der Waals surface area contributed by atoms with E-state index in [2.05, 4.69) is 32.5 Å². The monoisotopic (exact) mass is 334 g/mol. The number of thioether (sulfide) groups is 1. The molecular formula is C15H22N6OS. The normalized spacial score (nSPS) is 22.2. The van der Waals surface area contributed by atoms with Gasteiger partial charge in [0.25, 0.3) is 0 Å². The first-order chi connectivity index (χ1) is 11.4. The highest BCUT2D eigenvalue weighted by atomic mass is 32.2. The van der Waals surface area contributed by atoms with E-state index in [0.29, 0.717) is 6.04 Å². The fraction of sp³-hybridized carbons (Fsp3) is 0.733. The minimum absolute atomic E-state index is 0.249. The molecular weight excluding hydrogens is 312 g/mol. The standard InChI is InChI=1S/C15H22N6OS/c1-2-5-13(4-1)20-8-7-12(17-20)11-23-15-16-18-19-21(15)10-14-6-3-9-22-14/h7-8,13-14H,1-6,9-11H2/t14-/m1/s1. The number of rotatable bonds is 6. The smallest absolute Gasteiger partial charge is 0.209 e. The van der Waals surface area contributed by atoms with Crippen molar-refractivity contribution < 1.29 is 4.74 Å². The highest BCUT2D eigenvalue weighted by Gasteiger charge is 2.20. The van der Waals surface area contributed by atoms with Crippen LogP contribution in [0.4, 0.5) is 0 Å². The molecule has 2 aliphatic rings. The Hall–Kier alpha value is -1.41. The minimum Gasteiger partial charge on any atom is -0.376 e. The zero-order valence-corrected chi connectivity index (χ0v) is 14.0. The maximum atomic E-state index is 5.66. The molecule has 1 saturated carbocycles. The Morgan fingerprint density at radius 1 is 1.22 bits per heavy atom. The quantitative estimate of drug-likeness (QED) is 0.756. The van der Waals surface area contributed by atoms with Crippen LogP contribution in [0.1, 0.15) is 50.3 Å². The van der Waals surface area contributed by atoms with Crippen molar-refractivity contribution in [3.8, 4) is 0 Å². The zero-order valence-electron chi connectivity index (χ0n) is 13.2. The van der Waals surface area contributed by atoms with Crippen molar-refractivity contribution in [2.75, 3.05) is 6.61 Å². The average Bonchev–Trinajstić information content (AvgIpc) is 3.34. The predicted octanol–water partition coefficient (Wildman–Crippen LogP) is 2.46. The molecule has 124 valence electrons. The van der Waals surface area contributed by atoms with Crippen molar-refractivity contribution in [2.24, 2.45) is 0 Å². The molecule has 0 N–H and O–H groups in total. The molecule has 4 rings (SSSR count). The maximum absolute atomic E-state index is 5.66. The van der Waals surface area contributed by atoms with Gasteiger partial charge in [-0.3, -0.25) is 4.68 Å². The lowest BCUT2D eigenvalue weighted by Crippen LogP contribution is -2.16. The summed E-state index contributed by atoms with van der Waals surface area (Å²) in [6.45, 7) is 1.60. The number of tetrazole rings is 1. The van der Waals surface area contributed by atoms with Gasteiger partial charge in [0.1, 0.15) is 0 Å². The molecule has 0 bridgehead atoms. The number of hydrogen-bond donors (Lipinski definition) is 0. The summed E-state index contributed by atoms with van der Waals surface area (Å²) >= 11 is 1.64. The van der Waals surface area contributed by atoms with Crippen LogP contribution in [0.15, 0.2) is 17.4 Å². The van der Waals surface area contributed by atoms with Gasteiger partial charge in [-0.2, -0.15) is 5.10 Å². The SMILES string of the molecule is c1cn(C2CCCC2)nc1CSc1nnnn1C[C@H]1CCCO1. The molecule has 8 heteroatoms. The van der Waals surface area contributed by atoms with Gasteiger partial charge in [-0.1, -0.05) is 24.6 Å². The molecule has 23 heavy (non-hydrogen) atoms. The second-order valence-corrected chi connectivity index (χ2v) is 7.24. The molecule has 2 aromatic heterocycles. The summed E-state index contributed by atoms with van der Waals surface area (Å²) in [5, 5.41) is 17.6. The van der Waals surface area contributed by atoms with Crippen molar-refractivity contribution in [1.29, 1.82) is 0 Å². The van der Waals surface area contributed by atoms with Gasteiger partial charge in [0.2, 0.25) is 5.16 Å². The van der Waals surface area contributed by atoms with Crippen LogP contribution in [0.25, 0.3) is 0 Å². The van der Waals surface area contributed by atoms with Gasteiger partial charge in [0, 0.05) is 18.6 Å². The Labute approximate surface area is 139 Å². The van der Waals surface area contributed by atoms with E-state index in [-0.39, 0.29) is 6.10 Å². The van der Waals surface area contributed by atoms with E-state index >= 15 is 0 Å². The Kier molecular flexibility index (Phi) is 4.61. The van der Waals surface area contributed by atoms with Crippen molar-refractivity contribution in [1.82, 2.24) is 30.0 Å². The summed E-state index contributed by atoms with van der Waals surface area (Å²) in [5.74, 6) is 0.797. The second kappa shape index (κ2) is 7.00. The van der Waals surface area contributed by atoms with Crippen LogP contribution in [-0.4, -0.2) is 42.7 Å². The lowest BCUT2D eigenvalue weighted by atomic mass is 10.2. The molecule has 0 radical (unpaired) electrons. The average molecular weight is 334 g/mol. The molecule has 1 aliphatic carbocycles. The van der Waals surface area contributed by atoms with E-state index in [9.17, 15) is 0 Å². The van der Waals surface area contributed by atoms with Gasteiger partial charge >= 0.3 is 0 Å². The lowest BCUT2D eigenvalue weighted by Gasteiger charge is -2.10. The Morgan fingerprint density at radius 3 is 2.96 bits per heavy atom. The molecule has 0 amide bonds. The predicted molar refractivity (Wildman–Crippen MR) is 86.1 cm³/mol. The lowest BCUT2D eigenvalue weighted by molar-refractivity contribution is 0.0912. The van der Waals surface area contributed by atoms with Crippen molar-refractivity contribution in [2.45, 2.75) is 68.1 Å². The summed E-state index contributed by atoms with van der Waals surface area (Å²) < 4.78 is 9.66. The van der Waals surface area contributed by atoms with Crippen LogP contribution in [0.3, 0.4) is 0 Å². The number of hydrogen-bond acceptors (Lipinski definition) is 6. The van der Waals surface area contributed by atoms with Crippen LogP contribution in [-0.2, 0) is 17.0 Å². The molecule has 0 spiro atoms. The molecule has 2 aromatic rings. The highest BCUT2D eigenvalue weighted by molar-refractivity contribution is 7.98. The van der Waals surface area contributed by atoms with Crippen molar-refractivity contribution >= 4 is 11.8 Å². The topological polar surface area (TPSA) is 70.7 Å². The molecule has 0 unspecified atom stereocenters. The third-order valence-electron chi connectivity index (χ3n) is 4.61. The third kappa shape index (κ3) is 3.58. The maximum Gasteiger partial charge on any atom is 0.209 e. The van der Waals surface area contributed by atoms with E-state index in [1.54, 1.807) is 11.8 Å². The zero-order chi connectivity index (χ0) is 15.5. The van der Waals surface area contributed by atoms with E-state index in [1.807, 2.05) is 4.68 Å². The largest absolute Gasteiger partial charge is 0.376 e. The number of ether oxygens (including phenoxy) is 1. The number of aromatic nitrogens is 6. The summed E-state index contributed by atoms with van der Waals surface area (Å²) in [7, 11) is 0. The van der Waals surface area contributed by atoms with Gasteiger partial charge in [-0.25, -0.2) is 4.68 Å².